The van der Waals surface area contributed by atoms with Gasteiger partial charge in [0.05, 0.1) is 13.2 Å². The van der Waals surface area contributed by atoms with Crippen molar-refractivity contribution in [2.24, 2.45) is 0 Å². The predicted octanol–water partition coefficient (Wildman–Crippen LogP) is 1.05. The molecule has 1 aromatic heterocycles. The maximum atomic E-state index is 11.6. The Kier molecular flexibility index (Phi) is 5.18. The molecule has 0 unspecified atom stereocenters. The summed E-state index contributed by atoms with van der Waals surface area (Å²) in [5.41, 5.74) is 0. The van der Waals surface area contributed by atoms with Gasteiger partial charge in [-0.25, -0.2) is 0 Å². The quantitative estimate of drug-likeness (QED) is 0.808. The molecule has 5 heteroatoms. The number of amides is 1. The number of aryl methyl sites for hydroxylation is 1. The average Bonchev–Trinajstić information content (AvgIpc) is 2.83. The van der Waals surface area contributed by atoms with Crippen molar-refractivity contribution >= 4 is 12.0 Å². The highest BCUT2D eigenvalue weighted by atomic mass is 16.5. The molecule has 19 heavy (non-hydrogen) atoms. The third kappa shape index (κ3) is 4.89. The first kappa shape index (κ1) is 13.8. The van der Waals surface area contributed by atoms with Crippen LogP contribution in [0.4, 0.5) is 0 Å². The zero-order chi connectivity index (χ0) is 13.5. The third-order valence-electron chi connectivity index (χ3n) is 2.99. The number of hydrogen-bond donors (Lipinski definition) is 1. The standard InChI is InChI=1S/C14H20N2O3/c1-12-2-3-13(19-12)4-5-14(17)15-6-7-16-8-10-18-11-9-16/h2-5H,6-11H2,1H3,(H,15,17). The molecule has 1 fully saturated rings. The maximum Gasteiger partial charge on any atom is 0.244 e. The lowest BCUT2D eigenvalue weighted by Crippen LogP contribution is -2.41. The largest absolute Gasteiger partial charge is 0.462 e. The fourth-order valence-corrected chi connectivity index (χ4v) is 1.92. The molecule has 104 valence electrons. The predicted molar refractivity (Wildman–Crippen MR) is 72.7 cm³/mol. The first-order chi connectivity index (χ1) is 9.24. The first-order valence-corrected chi connectivity index (χ1v) is 6.56. The van der Waals surface area contributed by atoms with Crippen molar-refractivity contribution in [2.45, 2.75) is 6.92 Å². The van der Waals surface area contributed by atoms with E-state index in [-0.39, 0.29) is 5.91 Å². The maximum absolute atomic E-state index is 11.6. The molecule has 2 rings (SSSR count). The number of nitrogens with one attached hydrogen (secondary N) is 1. The summed E-state index contributed by atoms with van der Waals surface area (Å²) in [6.07, 6.45) is 3.18. The van der Waals surface area contributed by atoms with Crippen LogP contribution in [0.2, 0.25) is 0 Å². The van der Waals surface area contributed by atoms with Crippen molar-refractivity contribution in [1.29, 1.82) is 0 Å². The van der Waals surface area contributed by atoms with Gasteiger partial charge in [-0.1, -0.05) is 0 Å². The molecule has 0 radical (unpaired) electrons. The van der Waals surface area contributed by atoms with E-state index in [2.05, 4.69) is 10.2 Å². The molecule has 1 aliphatic rings. The molecule has 0 spiro atoms. The number of carbonyl (C=O) groups excluding carboxylic acids is 1. The van der Waals surface area contributed by atoms with Gasteiger partial charge in [0.1, 0.15) is 11.5 Å². The van der Waals surface area contributed by atoms with Gasteiger partial charge >= 0.3 is 0 Å². The molecular formula is C14H20N2O3. The highest BCUT2D eigenvalue weighted by Crippen LogP contribution is 2.07. The molecule has 1 aliphatic heterocycles. The molecule has 0 aromatic carbocycles. The molecule has 1 N–H and O–H groups in total. The van der Waals surface area contributed by atoms with Crippen LogP contribution in [0.15, 0.2) is 22.6 Å². The van der Waals surface area contributed by atoms with Crippen molar-refractivity contribution in [3.63, 3.8) is 0 Å². The van der Waals surface area contributed by atoms with Crippen molar-refractivity contribution in [3.05, 3.63) is 29.7 Å². The van der Waals surface area contributed by atoms with Gasteiger partial charge in [-0.2, -0.15) is 0 Å². The van der Waals surface area contributed by atoms with Crippen LogP contribution in [0.1, 0.15) is 11.5 Å². The Balaban J connectivity index is 1.65. The van der Waals surface area contributed by atoms with E-state index >= 15 is 0 Å². The minimum atomic E-state index is -0.0951. The van der Waals surface area contributed by atoms with Crippen LogP contribution in [-0.4, -0.2) is 50.2 Å². The molecule has 0 bridgehead atoms. The van der Waals surface area contributed by atoms with E-state index in [1.165, 1.54) is 6.08 Å². The van der Waals surface area contributed by atoms with Gasteiger partial charge < -0.3 is 14.5 Å². The zero-order valence-corrected chi connectivity index (χ0v) is 11.2. The number of hydrogen-bond acceptors (Lipinski definition) is 4. The highest BCUT2D eigenvalue weighted by Gasteiger charge is 2.09. The van der Waals surface area contributed by atoms with Crippen LogP contribution in [-0.2, 0) is 9.53 Å². The van der Waals surface area contributed by atoms with Gasteiger partial charge in [0.15, 0.2) is 0 Å². The van der Waals surface area contributed by atoms with Gasteiger partial charge in [0.25, 0.3) is 0 Å². The van der Waals surface area contributed by atoms with Crippen molar-refractivity contribution in [1.82, 2.24) is 10.2 Å². The second-order valence-corrected chi connectivity index (χ2v) is 4.53. The van der Waals surface area contributed by atoms with E-state index in [1.807, 2.05) is 19.1 Å². The summed E-state index contributed by atoms with van der Waals surface area (Å²) < 4.78 is 10.6. The molecule has 1 saturated heterocycles. The van der Waals surface area contributed by atoms with Crippen LogP contribution in [0.5, 0.6) is 0 Å². The summed E-state index contributed by atoms with van der Waals surface area (Å²) in [5.74, 6) is 1.44. The Labute approximate surface area is 113 Å². The molecule has 0 atom stereocenters. The van der Waals surface area contributed by atoms with Crippen LogP contribution in [0.25, 0.3) is 6.08 Å². The first-order valence-electron chi connectivity index (χ1n) is 6.56. The fourth-order valence-electron chi connectivity index (χ4n) is 1.92. The Morgan fingerprint density at radius 2 is 2.21 bits per heavy atom. The highest BCUT2D eigenvalue weighted by molar-refractivity contribution is 5.91. The Morgan fingerprint density at radius 3 is 2.89 bits per heavy atom. The van der Waals surface area contributed by atoms with Gasteiger partial charge in [0, 0.05) is 32.3 Å². The molecule has 1 aromatic rings. The molecule has 0 saturated carbocycles. The number of rotatable bonds is 5. The summed E-state index contributed by atoms with van der Waals surface area (Å²) in [5, 5.41) is 2.86. The number of morpholine rings is 1. The van der Waals surface area contributed by atoms with Gasteiger partial charge in [-0.3, -0.25) is 9.69 Å². The number of furan rings is 1. The lowest BCUT2D eigenvalue weighted by Gasteiger charge is -2.26. The average molecular weight is 264 g/mol. The minimum absolute atomic E-state index is 0.0951. The molecule has 0 aliphatic carbocycles. The van der Waals surface area contributed by atoms with Crippen molar-refractivity contribution in [2.75, 3.05) is 39.4 Å². The SMILES string of the molecule is Cc1ccc(C=CC(=O)NCCN2CCOCC2)o1. The van der Waals surface area contributed by atoms with E-state index < -0.39 is 0 Å². The van der Waals surface area contributed by atoms with Gasteiger partial charge in [-0.15, -0.1) is 0 Å². The zero-order valence-electron chi connectivity index (χ0n) is 11.2. The smallest absolute Gasteiger partial charge is 0.244 e. The summed E-state index contributed by atoms with van der Waals surface area (Å²) in [4.78, 5) is 13.9. The fraction of sp³-hybridized carbons (Fsp3) is 0.500. The Hall–Kier alpha value is -1.59. The van der Waals surface area contributed by atoms with E-state index in [9.17, 15) is 4.79 Å². The van der Waals surface area contributed by atoms with E-state index in [0.29, 0.717) is 12.3 Å². The molecule has 2 heterocycles. The number of nitrogens with zero attached hydrogens (tertiary/aromatic N) is 1. The monoisotopic (exact) mass is 264 g/mol. The summed E-state index contributed by atoms with van der Waals surface area (Å²) in [7, 11) is 0. The lowest BCUT2D eigenvalue weighted by atomic mass is 10.3. The van der Waals surface area contributed by atoms with E-state index in [0.717, 1.165) is 38.6 Å². The Bertz CT molecular complexity index is 434. The second-order valence-electron chi connectivity index (χ2n) is 4.53. The summed E-state index contributed by atoms with van der Waals surface area (Å²) >= 11 is 0. The number of ether oxygens (including phenoxy) is 1. The molecule has 1 amide bonds. The van der Waals surface area contributed by atoms with Crippen LogP contribution < -0.4 is 5.32 Å². The van der Waals surface area contributed by atoms with E-state index in [4.69, 9.17) is 9.15 Å². The summed E-state index contributed by atoms with van der Waals surface area (Å²) in [6, 6.07) is 3.71. The van der Waals surface area contributed by atoms with Crippen LogP contribution >= 0.6 is 0 Å². The van der Waals surface area contributed by atoms with Crippen LogP contribution in [0, 0.1) is 6.92 Å². The molecular weight excluding hydrogens is 244 g/mol. The normalized spacial score (nSPS) is 16.9. The van der Waals surface area contributed by atoms with Crippen molar-refractivity contribution < 1.29 is 13.9 Å². The van der Waals surface area contributed by atoms with Crippen LogP contribution in [0.3, 0.4) is 0 Å². The minimum Gasteiger partial charge on any atom is -0.462 e. The summed E-state index contributed by atoms with van der Waals surface area (Å²) in [6.45, 7) is 6.84. The van der Waals surface area contributed by atoms with E-state index in [1.54, 1.807) is 6.08 Å². The van der Waals surface area contributed by atoms with Gasteiger partial charge in [0.2, 0.25) is 5.91 Å². The third-order valence-corrected chi connectivity index (χ3v) is 2.99. The number of carbonyl (C=O) groups is 1. The molecule has 5 nitrogen and oxygen atoms in total. The lowest BCUT2D eigenvalue weighted by molar-refractivity contribution is -0.116. The van der Waals surface area contributed by atoms with Gasteiger partial charge in [-0.05, 0) is 25.1 Å². The topological polar surface area (TPSA) is 54.7 Å². The second kappa shape index (κ2) is 7.11. The Morgan fingerprint density at radius 1 is 1.42 bits per heavy atom. The van der Waals surface area contributed by atoms with Crippen molar-refractivity contribution in [3.8, 4) is 0 Å².